The van der Waals surface area contributed by atoms with Crippen molar-refractivity contribution >= 4 is 33.3 Å². The summed E-state index contributed by atoms with van der Waals surface area (Å²) in [5.74, 6) is 0.363. The van der Waals surface area contributed by atoms with Crippen LogP contribution in [0.25, 0.3) is 11.0 Å². The quantitative estimate of drug-likeness (QED) is 0.451. The minimum atomic E-state index is -1.31. The number of fused-ring (bicyclic) bond motifs is 1. The van der Waals surface area contributed by atoms with Gasteiger partial charge >= 0.3 is 0 Å². The molecule has 4 aromatic rings. The lowest BCUT2D eigenvalue weighted by molar-refractivity contribution is 0.103. The fourth-order valence-corrected chi connectivity index (χ4v) is 5.19. The summed E-state index contributed by atoms with van der Waals surface area (Å²) in [6.07, 6.45) is 2.40. The number of benzene rings is 3. The first-order valence-corrected chi connectivity index (χ1v) is 11.8. The van der Waals surface area contributed by atoms with Crippen molar-refractivity contribution in [2.45, 2.75) is 23.8 Å². The second-order valence-electron chi connectivity index (χ2n) is 7.78. The Morgan fingerprint density at radius 3 is 2.48 bits per heavy atom. The average Bonchev–Trinajstić information content (AvgIpc) is 3.49. The molecule has 0 radical (unpaired) electrons. The van der Waals surface area contributed by atoms with Crippen LogP contribution in [0.15, 0.2) is 78.0 Å². The highest BCUT2D eigenvalue weighted by Crippen LogP contribution is 2.27. The maximum Gasteiger partial charge on any atom is 0.197 e. The summed E-state index contributed by atoms with van der Waals surface area (Å²) in [5, 5.41) is 0.440. The van der Waals surface area contributed by atoms with E-state index in [0.29, 0.717) is 27.6 Å². The van der Waals surface area contributed by atoms with Gasteiger partial charge in [0.2, 0.25) is 0 Å². The zero-order valence-electron chi connectivity index (χ0n) is 17.1. The Hall–Kier alpha value is -3.25. The van der Waals surface area contributed by atoms with Crippen LogP contribution in [0, 0.1) is 0 Å². The molecule has 0 spiro atoms. The van der Waals surface area contributed by atoms with Crippen molar-refractivity contribution in [2.24, 2.45) is 0 Å². The number of nitrogens with zero attached hydrogens (tertiary/aromatic N) is 2. The monoisotopic (exact) mass is 429 g/mol. The number of H-pyrrole nitrogens is 1. The molecule has 31 heavy (non-hydrogen) atoms. The van der Waals surface area contributed by atoms with E-state index in [-0.39, 0.29) is 5.78 Å². The maximum atomic E-state index is 13.1. The molecule has 1 unspecified atom stereocenters. The van der Waals surface area contributed by atoms with Crippen molar-refractivity contribution < 1.29 is 9.00 Å². The Bertz CT molecular complexity index is 1260. The molecule has 1 aliphatic heterocycles. The lowest BCUT2D eigenvalue weighted by Gasteiger charge is -2.21. The molecule has 3 aromatic carbocycles. The van der Waals surface area contributed by atoms with Gasteiger partial charge in [-0.1, -0.05) is 48.5 Å². The van der Waals surface area contributed by atoms with Crippen molar-refractivity contribution in [1.29, 1.82) is 0 Å². The highest BCUT2D eigenvalue weighted by atomic mass is 32.2. The zero-order valence-corrected chi connectivity index (χ0v) is 17.9. The van der Waals surface area contributed by atoms with E-state index in [4.69, 9.17) is 0 Å². The Balaban J connectivity index is 1.40. The number of aromatic amines is 1. The molecule has 1 saturated heterocycles. The first kappa shape index (κ1) is 19.7. The molecular weight excluding hydrogens is 406 g/mol. The molecule has 0 saturated carbocycles. The number of rotatable bonds is 6. The minimum Gasteiger partial charge on any atom is -0.371 e. The molecule has 1 aliphatic rings. The average molecular weight is 430 g/mol. The van der Waals surface area contributed by atoms with Gasteiger partial charge in [0.15, 0.2) is 10.9 Å². The van der Waals surface area contributed by atoms with Crippen LogP contribution in [0.3, 0.4) is 0 Å². The molecule has 0 aliphatic carbocycles. The van der Waals surface area contributed by atoms with Gasteiger partial charge in [0, 0.05) is 29.9 Å². The third-order valence-corrected chi connectivity index (χ3v) is 6.90. The molecule has 2 heterocycles. The molecule has 1 aromatic heterocycles. The predicted octanol–water partition coefficient (Wildman–Crippen LogP) is 4.70. The van der Waals surface area contributed by atoms with E-state index in [2.05, 4.69) is 20.9 Å². The van der Waals surface area contributed by atoms with Crippen LogP contribution in [0.2, 0.25) is 0 Å². The van der Waals surface area contributed by atoms with Crippen molar-refractivity contribution in [2.75, 3.05) is 18.0 Å². The lowest BCUT2D eigenvalue weighted by Crippen LogP contribution is -2.19. The van der Waals surface area contributed by atoms with Crippen LogP contribution in [0.1, 0.15) is 34.3 Å². The lowest BCUT2D eigenvalue weighted by atomic mass is 10.0. The van der Waals surface area contributed by atoms with E-state index < -0.39 is 10.8 Å². The molecule has 156 valence electrons. The summed E-state index contributed by atoms with van der Waals surface area (Å²) in [6, 6.07) is 22.7. The molecular formula is C25H23N3O2S. The normalized spacial score (nSPS) is 14.8. The topological polar surface area (TPSA) is 66.1 Å². The number of carbonyl (C=O) groups is 1. The van der Waals surface area contributed by atoms with Crippen molar-refractivity contribution in [3.05, 3.63) is 89.5 Å². The van der Waals surface area contributed by atoms with Gasteiger partial charge in [0.25, 0.3) is 0 Å². The fraction of sp³-hybridized carbons (Fsp3) is 0.200. The van der Waals surface area contributed by atoms with E-state index in [1.165, 1.54) is 18.5 Å². The molecule has 5 rings (SSSR count). The van der Waals surface area contributed by atoms with Crippen LogP contribution in [0.5, 0.6) is 0 Å². The highest BCUT2D eigenvalue weighted by Gasteiger charge is 2.19. The summed E-state index contributed by atoms with van der Waals surface area (Å²) in [7, 11) is -1.31. The van der Waals surface area contributed by atoms with Crippen LogP contribution < -0.4 is 4.90 Å². The van der Waals surface area contributed by atoms with Crippen molar-refractivity contribution in [3.8, 4) is 0 Å². The number of para-hydroxylation sites is 1. The van der Waals surface area contributed by atoms with Crippen LogP contribution in [-0.2, 0) is 16.6 Å². The molecule has 1 atom stereocenters. The Morgan fingerprint density at radius 2 is 1.68 bits per heavy atom. The van der Waals surface area contributed by atoms with E-state index >= 15 is 0 Å². The molecule has 1 N–H and O–H groups in total. The summed E-state index contributed by atoms with van der Waals surface area (Å²) in [5.41, 5.74) is 4.89. The first-order valence-electron chi connectivity index (χ1n) is 10.5. The van der Waals surface area contributed by atoms with Crippen LogP contribution >= 0.6 is 0 Å². The van der Waals surface area contributed by atoms with Gasteiger partial charge < -0.3 is 9.88 Å². The summed E-state index contributed by atoms with van der Waals surface area (Å²) in [6.45, 7) is 2.10. The summed E-state index contributed by atoms with van der Waals surface area (Å²) in [4.78, 5) is 22.8. The minimum absolute atomic E-state index is 0.0423. The van der Waals surface area contributed by atoms with Crippen LogP contribution in [0.4, 0.5) is 5.69 Å². The van der Waals surface area contributed by atoms with E-state index in [1.807, 2.05) is 36.4 Å². The van der Waals surface area contributed by atoms with Gasteiger partial charge in [-0.25, -0.2) is 4.98 Å². The number of anilines is 1. The number of hydrogen-bond donors (Lipinski definition) is 1. The maximum absolute atomic E-state index is 13.1. The van der Waals surface area contributed by atoms with Crippen LogP contribution in [-0.4, -0.2) is 33.0 Å². The Kier molecular flexibility index (Phi) is 5.38. The molecule has 6 heteroatoms. The van der Waals surface area contributed by atoms with Gasteiger partial charge in [0.1, 0.15) is 0 Å². The van der Waals surface area contributed by atoms with Gasteiger partial charge in [0.05, 0.1) is 27.6 Å². The predicted molar refractivity (Wildman–Crippen MR) is 124 cm³/mol. The fourth-order valence-electron chi connectivity index (χ4n) is 4.10. The highest BCUT2D eigenvalue weighted by molar-refractivity contribution is 7.84. The molecule has 1 fully saturated rings. The van der Waals surface area contributed by atoms with Gasteiger partial charge in [-0.2, -0.15) is 0 Å². The van der Waals surface area contributed by atoms with Gasteiger partial charge in [-0.15, -0.1) is 0 Å². The van der Waals surface area contributed by atoms with E-state index in [0.717, 1.165) is 24.2 Å². The third kappa shape index (κ3) is 4.03. The molecule has 5 nitrogen and oxygen atoms in total. The van der Waals surface area contributed by atoms with Gasteiger partial charge in [-0.05, 0) is 42.7 Å². The molecule has 0 bridgehead atoms. The largest absolute Gasteiger partial charge is 0.371 e. The number of ketones is 1. The van der Waals surface area contributed by atoms with Gasteiger partial charge in [-0.3, -0.25) is 9.00 Å². The number of imidazole rings is 1. The number of aromatic nitrogens is 2. The number of nitrogens with one attached hydrogen (secondary N) is 1. The summed E-state index contributed by atoms with van der Waals surface area (Å²) < 4.78 is 13.1. The standard InChI is InChI=1S/C25H23N3O2S/c29-24(18-8-2-1-3-9-18)19-12-13-21-22(16-19)27-25(26-21)31(30)17-20-10-4-5-11-23(20)28-14-6-7-15-28/h1-5,8-13,16H,6-7,14-15,17H2,(H,26,27). The Morgan fingerprint density at radius 1 is 0.935 bits per heavy atom. The number of carbonyl (C=O) groups excluding carboxylic acids is 1. The second kappa shape index (κ2) is 8.47. The first-order chi connectivity index (χ1) is 15.2. The van der Waals surface area contributed by atoms with Crippen molar-refractivity contribution in [1.82, 2.24) is 9.97 Å². The molecule has 0 amide bonds. The van der Waals surface area contributed by atoms with Crippen molar-refractivity contribution in [3.63, 3.8) is 0 Å². The zero-order chi connectivity index (χ0) is 21.2. The summed E-state index contributed by atoms with van der Waals surface area (Å²) >= 11 is 0. The number of hydrogen-bond acceptors (Lipinski definition) is 4. The Labute approximate surface area is 183 Å². The van der Waals surface area contributed by atoms with E-state index in [1.54, 1.807) is 30.3 Å². The smallest absolute Gasteiger partial charge is 0.197 e. The SMILES string of the molecule is O=C(c1ccccc1)c1ccc2nc(S(=O)Cc3ccccc3N3CCCC3)[nH]c2c1. The third-order valence-electron chi connectivity index (χ3n) is 5.70. The second-order valence-corrected chi connectivity index (χ2v) is 9.15. The van der Waals surface area contributed by atoms with E-state index in [9.17, 15) is 9.00 Å².